The molecule has 6 nitrogen and oxygen atoms in total. The van der Waals surface area contributed by atoms with Crippen molar-refractivity contribution in [1.29, 1.82) is 5.41 Å². The van der Waals surface area contributed by atoms with E-state index in [1.807, 2.05) is 6.07 Å². The van der Waals surface area contributed by atoms with Crippen molar-refractivity contribution in [2.45, 2.75) is 18.8 Å². The van der Waals surface area contributed by atoms with Crippen LogP contribution in [0.5, 0.6) is 0 Å². The number of primary amides is 1. The molecule has 1 amide bonds. The van der Waals surface area contributed by atoms with Gasteiger partial charge in [-0.3, -0.25) is 10.2 Å². The van der Waals surface area contributed by atoms with Gasteiger partial charge in [0.25, 0.3) is 0 Å². The molecule has 0 atom stereocenters. The molecule has 0 bridgehead atoms. The molecule has 4 rings (SSSR count). The number of nitrogens with one attached hydrogen (secondary N) is 2. The second-order valence-electron chi connectivity index (χ2n) is 5.87. The highest BCUT2D eigenvalue weighted by Crippen LogP contribution is 2.43. The molecule has 3 aromatic heterocycles. The monoisotopic (exact) mass is 339 g/mol. The highest BCUT2D eigenvalue weighted by molar-refractivity contribution is 6.36. The van der Waals surface area contributed by atoms with E-state index in [1.165, 1.54) is 0 Å². The Balaban J connectivity index is 1.95. The third-order valence-electron chi connectivity index (χ3n) is 4.31. The van der Waals surface area contributed by atoms with E-state index in [1.54, 1.807) is 24.7 Å². The van der Waals surface area contributed by atoms with E-state index in [4.69, 9.17) is 22.7 Å². The minimum atomic E-state index is -0.583. The van der Waals surface area contributed by atoms with Gasteiger partial charge < -0.3 is 10.7 Å². The van der Waals surface area contributed by atoms with Crippen LogP contribution in [-0.2, 0) is 0 Å². The molecule has 7 heteroatoms. The number of amides is 1. The summed E-state index contributed by atoms with van der Waals surface area (Å²) in [6, 6.07) is 3.56. The Morgan fingerprint density at radius 2 is 2.08 bits per heavy atom. The minimum Gasteiger partial charge on any atom is -0.366 e. The van der Waals surface area contributed by atoms with Gasteiger partial charge in [0.1, 0.15) is 10.8 Å². The Kier molecular flexibility index (Phi) is 3.35. The number of aromatic nitrogens is 3. The van der Waals surface area contributed by atoms with Gasteiger partial charge in [-0.15, -0.1) is 0 Å². The second kappa shape index (κ2) is 5.42. The third-order valence-corrected chi connectivity index (χ3v) is 4.59. The summed E-state index contributed by atoms with van der Waals surface area (Å²) in [7, 11) is 0. The average Bonchev–Trinajstić information content (AvgIpc) is 3.29. The molecule has 24 heavy (non-hydrogen) atoms. The SMILES string of the molecule is N=C(c1c(Cl)ncc(C2CC2)c1C(N)=O)c1ccnc2[nH]ccc12. The molecule has 0 aliphatic heterocycles. The number of fused-ring (bicyclic) bond motifs is 1. The van der Waals surface area contributed by atoms with Crippen molar-refractivity contribution < 1.29 is 4.79 Å². The molecule has 3 aromatic rings. The molecular weight excluding hydrogens is 326 g/mol. The first-order chi connectivity index (χ1) is 11.6. The molecule has 1 saturated carbocycles. The van der Waals surface area contributed by atoms with Crippen LogP contribution in [0.25, 0.3) is 11.0 Å². The zero-order valence-corrected chi connectivity index (χ0v) is 13.4. The molecule has 1 fully saturated rings. The number of hydrogen-bond acceptors (Lipinski definition) is 4. The maximum Gasteiger partial charge on any atom is 0.249 e. The Bertz CT molecular complexity index is 990. The molecule has 1 aliphatic carbocycles. The number of nitrogens with zero attached hydrogens (tertiary/aromatic N) is 2. The van der Waals surface area contributed by atoms with Crippen LogP contribution < -0.4 is 5.73 Å². The van der Waals surface area contributed by atoms with Crippen LogP contribution >= 0.6 is 11.6 Å². The largest absolute Gasteiger partial charge is 0.366 e. The van der Waals surface area contributed by atoms with Gasteiger partial charge in [-0.05, 0) is 36.5 Å². The Hall–Kier alpha value is -2.73. The van der Waals surface area contributed by atoms with E-state index in [0.717, 1.165) is 23.8 Å². The predicted molar refractivity (Wildman–Crippen MR) is 91.8 cm³/mol. The lowest BCUT2D eigenvalue weighted by Crippen LogP contribution is -2.20. The first-order valence-electron chi connectivity index (χ1n) is 7.57. The number of hydrogen-bond donors (Lipinski definition) is 3. The third kappa shape index (κ3) is 2.27. The number of carbonyl (C=O) groups excluding carboxylic acids is 1. The fourth-order valence-corrected chi connectivity index (χ4v) is 3.25. The number of rotatable bonds is 4. The second-order valence-corrected chi connectivity index (χ2v) is 6.22. The maximum absolute atomic E-state index is 12.1. The zero-order valence-electron chi connectivity index (χ0n) is 12.6. The lowest BCUT2D eigenvalue weighted by atomic mass is 9.93. The Morgan fingerprint density at radius 3 is 2.79 bits per heavy atom. The summed E-state index contributed by atoms with van der Waals surface area (Å²) >= 11 is 6.26. The van der Waals surface area contributed by atoms with Gasteiger partial charge in [0, 0.05) is 29.5 Å². The summed E-state index contributed by atoms with van der Waals surface area (Å²) in [6.07, 6.45) is 6.96. The molecule has 4 N–H and O–H groups in total. The smallest absolute Gasteiger partial charge is 0.249 e. The maximum atomic E-state index is 12.1. The number of pyridine rings is 2. The van der Waals surface area contributed by atoms with Gasteiger partial charge in [0.15, 0.2) is 0 Å². The quantitative estimate of drug-likeness (QED) is 0.502. The van der Waals surface area contributed by atoms with E-state index < -0.39 is 5.91 Å². The summed E-state index contributed by atoms with van der Waals surface area (Å²) in [5.74, 6) is -0.311. The van der Waals surface area contributed by atoms with Gasteiger partial charge in [-0.2, -0.15) is 0 Å². The van der Waals surface area contributed by atoms with Crippen LogP contribution in [-0.4, -0.2) is 26.6 Å². The molecule has 120 valence electrons. The highest BCUT2D eigenvalue weighted by Gasteiger charge is 2.32. The van der Waals surface area contributed by atoms with Gasteiger partial charge in [-0.1, -0.05) is 11.6 Å². The van der Waals surface area contributed by atoms with Crippen molar-refractivity contribution in [3.05, 3.63) is 58.1 Å². The van der Waals surface area contributed by atoms with E-state index in [2.05, 4.69) is 15.0 Å². The normalized spacial score (nSPS) is 14.0. The average molecular weight is 340 g/mol. The minimum absolute atomic E-state index is 0.110. The standard InChI is InChI=1S/C17H14ClN5O/c18-15-13(12(16(20)24)11(7-23-15)8-1-2-8)14(19)9-3-5-21-17-10(9)4-6-22-17/h3-8,19H,1-2H2,(H2,20,24)(H,21,22). The fourth-order valence-electron chi connectivity index (χ4n) is 3.01. The number of nitrogens with two attached hydrogens (primary N) is 1. The predicted octanol–water partition coefficient (Wildman–Crippen LogP) is 3.00. The van der Waals surface area contributed by atoms with E-state index in [0.29, 0.717) is 22.3 Å². The van der Waals surface area contributed by atoms with Crippen LogP contribution in [0, 0.1) is 5.41 Å². The van der Waals surface area contributed by atoms with Gasteiger partial charge in [0.2, 0.25) is 5.91 Å². The Morgan fingerprint density at radius 1 is 1.29 bits per heavy atom. The van der Waals surface area contributed by atoms with Crippen LogP contribution in [0.2, 0.25) is 5.15 Å². The zero-order chi connectivity index (χ0) is 16.8. The number of H-pyrrole nitrogens is 1. The Labute approximate surface area is 142 Å². The van der Waals surface area contributed by atoms with Crippen LogP contribution in [0.4, 0.5) is 0 Å². The van der Waals surface area contributed by atoms with E-state index in [-0.39, 0.29) is 16.8 Å². The summed E-state index contributed by atoms with van der Waals surface area (Å²) < 4.78 is 0. The lowest BCUT2D eigenvalue weighted by Gasteiger charge is -2.14. The number of halogens is 1. The molecule has 1 aliphatic rings. The van der Waals surface area contributed by atoms with Crippen molar-refractivity contribution >= 4 is 34.3 Å². The van der Waals surface area contributed by atoms with Gasteiger partial charge in [-0.25, -0.2) is 9.97 Å². The van der Waals surface area contributed by atoms with Crippen molar-refractivity contribution in [2.75, 3.05) is 0 Å². The van der Waals surface area contributed by atoms with Crippen molar-refractivity contribution in [1.82, 2.24) is 15.0 Å². The molecule has 0 spiro atoms. The van der Waals surface area contributed by atoms with Crippen LogP contribution in [0.1, 0.15) is 45.8 Å². The molecule has 0 radical (unpaired) electrons. The van der Waals surface area contributed by atoms with Crippen molar-refractivity contribution in [2.24, 2.45) is 5.73 Å². The first kappa shape index (κ1) is 14.8. The molecule has 0 saturated heterocycles. The molecule has 3 heterocycles. The van der Waals surface area contributed by atoms with E-state index in [9.17, 15) is 4.79 Å². The fraction of sp³-hybridized carbons (Fsp3) is 0.176. The highest BCUT2D eigenvalue weighted by atomic mass is 35.5. The van der Waals surface area contributed by atoms with Crippen molar-refractivity contribution in [3.63, 3.8) is 0 Å². The number of carbonyl (C=O) groups is 1. The first-order valence-corrected chi connectivity index (χ1v) is 7.95. The molecular formula is C17H14ClN5O. The van der Waals surface area contributed by atoms with Crippen LogP contribution in [0.15, 0.2) is 30.7 Å². The van der Waals surface area contributed by atoms with Gasteiger partial charge in [0.05, 0.1) is 16.8 Å². The number of aromatic amines is 1. The van der Waals surface area contributed by atoms with Gasteiger partial charge >= 0.3 is 0 Å². The van der Waals surface area contributed by atoms with Crippen molar-refractivity contribution in [3.8, 4) is 0 Å². The summed E-state index contributed by atoms with van der Waals surface area (Å²) in [5, 5.41) is 9.54. The summed E-state index contributed by atoms with van der Waals surface area (Å²) in [4.78, 5) is 23.5. The van der Waals surface area contributed by atoms with Crippen LogP contribution in [0.3, 0.4) is 0 Å². The van der Waals surface area contributed by atoms with E-state index >= 15 is 0 Å². The molecule has 0 unspecified atom stereocenters. The summed E-state index contributed by atoms with van der Waals surface area (Å²) in [6.45, 7) is 0. The topological polar surface area (TPSA) is 109 Å². The summed E-state index contributed by atoms with van der Waals surface area (Å²) in [5.41, 5.74) is 8.42. The molecule has 0 aromatic carbocycles. The lowest BCUT2D eigenvalue weighted by molar-refractivity contribution is 0.0999.